The van der Waals surface area contributed by atoms with Crippen LogP contribution >= 0.6 is 0 Å². The predicted molar refractivity (Wildman–Crippen MR) is 49.6 cm³/mol. The van der Waals surface area contributed by atoms with Crippen LogP contribution < -0.4 is 0 Å². The Morgan fingerprint density at radius 2 is 1.64 bits per heavy atom. The quantitative estimate of drug-likeness (QED) is 0.444. The molecule has 0 aliphatic rings. The number of allylic oxidation sites excluding steroid dienone is 2. The minimum absolute atomic E-state index is 0.319. The molecular weight excluding hydrogens is 136 g/mol. The Hall–Kier alpha value is -0.300. The number of hydrogen-bond donors (Lipinski definition) is 1. The topological polar surface area (TPSA) is 20.2 Å². The van der Waals surface area contributed by atoms with Gasteiger partial charge in [0.1, 0.15) is 0 Å². The van der Waals surface area contributed by atoms with E-state index in [4.69, 9.17) is 5.11 Å². The average molecular weight is 156 g/mol. The van der Waals surface area contributed by atoms with Gasteiger partial charge in [0.2, 0.25) is 0 Å². The zero-order valence-corrected chi connectivity index (χ0v) is 7.55. The van der Waals surface area contributed by atoms with E-state index in [1.54, 1.807) is 0 Å². The Morgan fingerprint density at radius 3 is 2.18 bits per heavy atom. The summed E-state index contributed by atoms with van der Waals surface area (Å²) in [7, 11) is 0. The van der Waals surface area contributed by atoms with Gasteiger partial charge in [-0.25, -0.2) is 0 Å². The first kappa shape index (κ1) is 10.7. The molecule has 0 amide bonds. The van der Waals surface area contributed by atoms with Crippen molar-refractivity contribution in [3.8, 4) is 0 Å². The number of aliphatic hydroxyl groups excluding tert-OH is 1. The highest BCUT2D eigenvalue weighted by Gasteiger charge is 1.81. The van der Waals surface area contributed by atoms with Gasteiger partial charge in [-0.15, -0.1) is 0 Å². The average Bonchev–Trinajstić information content (AvgIpc) is 2.03. The summed E-state index contributed by atoms with van der Waals surface area (Å²) < 4.78 is 0. The lowest BCUT2D eigenvalue weighted by Gasteiger charge is -1.91. The van der Waals surface area contributed by atoms with Crippen LogP contribution in [-0.4, -0.2) is 11.7 Å². The van der Waals surface area contributed by atoms with Crippen molar-refractivity contribution in [2.45, 2.75) is 45.4 Å². The van der Waals surface area contributed by atoms with Crippen molar-refractivity contribution in [2.75, 3.05) is 6.61 Å². The number of unbranched alkanes of at least 4 members (excludes halogenated alkanes) is 4. The maximum atomic E-state index is 8.47. The van der Waals surface area contributed by atoms with Gasteiger partial charge in [0, 0.05) is 6.61 Å². The van der Waals surface area contributed by atoms with Crippen LogP contribution in [0.5, 0.6) is 0 Å². The molecule has 0 atom stereocenters. The van der Waals surface area contributed by atoms with Gasteiger partial charge in [-0.1, -0.05) is 31.9 Å². The highest BCUT2D eigenvalue weighted by molar-refractivity contribution is 4.80. The largest absolute Gasteiger partial charge is 0.396 e. The normalized spacial score (nSPS) is 11.1. The summed E-state index contributed by atoms with van der Waals surface area (Å²) in [5, 5.41) is 8.47. The van der Waals surface area contributed by atoms with E-state index in [2.05, 4.69) is 19.1 Å². The highest BCUT2D eigenvalue weighted by Crippen LogP contribution is 2.00. The molecule has 0 aromatic carbocycles. The van der Waals surface area contributed by atoms with Gasteiger partial charge in [0.25, 0.3) is 0 Å². The maximum absolute atomic E-state index is 8.47. The van der Waals surface area contributed by atoms with Crippen molar-refractivity contribution in [1.82, 2.24) is 0 Å². The summed E-state index contributed by atoms with van der Waals surface area (Å²) in [6, 6.07) is 0. The lowest BCUT2D eigenvalue weighted by atomic mass is 10.2. The molecule has 0 aliphatic carbocycles. The summed E-state index contributed by atoms with van der Waals surface area (Å²) >= 11 is 0. The molecule has 0 bridgehead atoms. The molecule has 11 heavy (non-hydrogen) atoms. The lowest BCUT2D eigenvalue weighted by Crippen LogP contribution is -1.78. The van der Waals surface area contributed by atoms with Gasteiger partial charge in [-0.05, 0) is 25.7 Å². The Kier molecular flexibility index (Phi) is 9.44. The summed E-state index contributed by atoms with van der Waals surface area (Å²) in [5.41, 5.74) is 0. The van der Waals surface area contributed by atoms with Crippen molar-refractivity contribution in [3.05, 3.63) is 12.2 Å². The van der Waals surface area contributed by atoms with Gasteiger partial charge < -0.3 is 5.11 Å². The van der Waals surface area contributed by atoms with Crippen LogP contribution in [0.2, 0.25) is 0 Å². The molecule has 0 heterocycles. The molecule has 0 rings (SSSR count). The molecule has 0 aromatic heterocycles. The fraction of sp³-hybridized carbons (Fsp3) is 0.800. The third-order valence-corrected chi connectivity index (χ3v) is 1.67. The molecule has 1 N–H and O–H groups in total. The van der Waals surface area contributed by atoms with E-state index < -0.39 is 0 Å². The number of rotatable bonds is 7. The maximum Gasteiger partial charge on any atom is 0.0433 e. The van der Waals surface area contributed by atoms with Crippen LogP contribution in [0.25, 0.3) is 0 Å². The Labute approximate surface area is 70.1 Å². The third kappa shape index (κ3) is 9.70. The molecule has 1 heteroatoms. The molecule has 0 aliphatic heterocycles. The first-order chi connectivity index (χ1) is 5.41. The number of hydrogen-bond acceptors (Lipinski definition) is 1. The SMILES string of the molecule is CCCCCC=CCCCO. The second-order valence-electron chi connectivity index (χ2n) is 2.83. The Bertz CT molecular complexity index is 86.9. The molecule has 0 fully saturated rings. The van der Waals surface area contributed by atoms with Crippen LogP contribution in [0.3, 0.4) is 0 Å². The molecule has 0 radical (unpaired) electrons. The molecule has 0 aromatic rings. The van der Waals surface area contributed by atoms with Crippen LogP contribution in [0.15, 0.2) is 12.2 Å². The van der Waals surface area contributed by atoms with Gasteiger partial charge in [0.15, 0.2) is 0 Å². The fourth-order valence-corrected chi connectivity index (χ4v) is 0.957. The second kappa shape index (κ2) is 9.70. The van der Waals surface area contributed by atoms with E-state index in [1.807, 2.05) is 0 Å². The Balaban J connectivity index is 2.91. The summed E-state index contributed by atoms with van der Waals surface area (Å²) in [6.07, 6.45) is 11.5. The van der Waals surface area contributed by atoms with E-state index >= 15 is 0 Å². The van der Waals surface area contributed by atoms with E-state index in [0.717, 1.165) is 12.8 Å². The van der Waals surface area contributed by atoms with Crippen molar-refractivity contribution in [3.63, 3.8) is 0 Å². The third-order valence-electron chi connectivity index (χ3n) is 1.67. The number of aliphatic hydroxyl groups is 1. The Morgan fingerprint density at radius 1 is 1.00 bits per heavy atom. The summed E-state index contributed by atoms with van der Waals surface area (Å²) in [4.78, 5) is 0. The zero-order chi connectivity index (χ0) is 8.36. The molecule has 0 saturated heterocycles. The first-order valence-corrected chi connectivity index (χ1v) is 4.67. The van der Waals surface area contributed by atoms with E-state index in [-0.39, 0.29) is 0 Å². The van der Waals surface area contributed by atoms with Crippen LogP contribution in [0.4, 0.5) is 0 Å². The van der Waals surface area contributed by atoms with Gasteiger partial charge in [-0.2, -0.15) is 0 Å². The van der Waals surface area contributed by atoms with Crippen LogP contribution in [0.1, 0.15) is 45.4 Å². The van der Waals surface area contributed by atoms with Gasteiger partial charge >= 0.3 is 0 Å². The standard InChI is InChI=1S/C10H20O/c1-2-3-4-5-6-7-8-9-10-11/h6-7,11H,2-5,8-10H2,1H3. The van der Waals surface area contributed by atoms with Crippen molar-refractivity contribution in [2.24, 2.45) is 0 Å². The highest BCUT2D eigenvalue weighted by atomic mass is 16.2. The first-order valence-electron chi connectivity index (χ1n) is 4.67. The van der Waals surface area contributed by atoms with Crippen LogP contribution in [-0.2, 0) is 0 Å². The van der Waals surface area contributed by atoms with Crippen molar-refractivity contribution >= 4 is 0 Å². The second-order valence-corrected chi connectivity index (χ2v) is 2.83. The molecular formula is C10H20O. The minimum atomic E-state index is 0.319. The minimum Gasteiger partial charge on any atom is -0.396 e. The van der Waals surface area contributed by atoms with Gasteiger partial charge in [-0.3, -0.25) is 0 Å². The molecule has 0 spiro atoms. The fourth-order valence-electron chi connectivity index (χ4n) is 0.957. The van der Waals surface area contributed by atoms with E-state index in [0.29, 0.717) is 6.61 Å². The summed E-state index contributed by atoms with van der Waals surface area (Å²) in [6.45, 7) is 2.54. The molecule has 0 saturated carbocycles. The smallest absolute Gasteiger partial charge is 0.0433 e. The van der Waals surface area contributed by atoms with Crippen molar-refractivity contribution in [1.29, 1.82) is 0 Å². The summed E-state index contributed by atoms with van der Waals surface area (Å²) in [5.74, 6) is 0. The molecule has 0 unspecified atom stereocenters. The molecule has 1 nitrogen and oxygen atoms in total. The van der Waals surface area contributed by atoms with Gasteiger partial charge in [0.05, 0.1) is 0 Å². The monoisotopic (exact) mass is 156 g/mol. The van der Waals surface area contributed by atoms with Crippen LogP contribution in [0, 0.1) is 0 Å². The van der Waals surface area contributed by atoms with Crippen molar-refractivity contribution < 1.29 is 5.11 Å². The van der Waals surface area contributed by atoms with E-state index in [1.165, 1.54) is 25.7 Å². The van der Waals surface area contributed by atoms with E-state index in [9.17, 15) is 0 Å². The molecule has 66 valence electrons. The zero-order valence-electron chi connectivity index (χ0n) is 7.55. The lowest BCUT2D eigenvalue weighted by molar-refractivity contribution is 0.289. The predicted octanol–water partition coefficient (Wildman–Crippen LogP) is 2.90.